The van der Waals surface area contributed by atoms with Crippen molar-refractivity contribution in [1.29, 1.82) is 0 Å². The van der Waals surface area contributed by atoms with Crippen LogP contribution in [0.5, 0.6) is 11.5 Å². The van der Waals surface area contributed by atoms with Crippen LogP contribution in [0, 0.1) is 0 Å². The lowest BCUT2D eigenvalue weighted by molar-refractivity contribution is -0.274. The second-order valence-electron chi connectivity index (χ2n) is 2.69. The molecule has 1 rings (SSSR count). The Kier molecular flexibility index (Phi) is 3.26. The van der Waals surface area contributed by atoms with Crippen LogP contribution in [-0.2, 0) is 4.74 Å². The summed E-state index contributed by atoms with van der Waals surface area (Å²) >= 11 is 0. The molecule has 16 heavy (non-hydrogen) atoms. The number of hydrogen-bond acceptors (Lipinski definition) is 4. The topological polar surface area (TPSA) is 55.8 Å². The molecule has 0 heterocycles. The molecule has 0 spiro atoms. The van der Waals surface area contributed by atoms with Crippen molar-refractivity contribution in [2.75, 3.05) is 7.11 Å². The van der Waals surface area contributed by atoms with Crippen molar-refractivity contribution < 1.29 is 32.5 Å². The third-order valence-electron chi connectivity index (χ3n) is 1.62. The molecule has 1 aromatic rings. The van der Waals surface area contributed by atoms with E-state index in [2.05, 4.69) is 9.47 Å². The molecule has 0 aliphatic heterocycles. The van der Waals surface area contributed by atoms with Gasteiger partial charge in [0.1, 0.15) is 17.1 Å². The highest BCUT2D eigenvalue weighted by Crippen LogP contribution is 2.32. The molecule has 0 atom stereocenters. The Bertz CT molecular complexity index is 400. The van der Waals surface area contributed by atoms with Crippen LogP contribution < -0.4 is 4.74 Å². The first kappa shape index (κ1) is 12.2. The SMILES string of the molecule is COC(=O)c1c(O)cccc1OC(F)(F)F. The molecule has 0 saturated heterocycles. The summed E-state index contributed by atoms with van der Waals surface area (Å²) in [4.78, 5) is 11.1. The Balaban J connectivity index is 3.18. The fraction of sp³-hybridized carbons (Fsp3) is 0.222. The molecule has 0 aliphatic carbocycles. The zero-order valence-electron chi connectivity index (χ0n) is 8.04. The predicted molar refractivity (Wildman–Crippen MR) is 46.1 cm³/mol. The quantitative estimate of drug-likeness (QED) is 0.798. The molecule has 0 fully saturated rings. The molecular weight excluding hydrogens is 229 g/mol. The van der Waals surface area contributed by atoms with Crippen LogP contribution in [0.1, 0.15) is 10.4 Å². The largest absolute Gasteiger partial charge is 0.573 e. The van der Waals surface area contributed by atoms with Gasteiger partial charge >= 0.3 is 12.3 Å². The zero-order chi connectivity index (χ0) is 12.3. The molecule has 7 heteroatoms. The summed E-state index contributed by atoms with van der Waals surface area (Å²) < 4.78 is 43.7. The molecule has 1 N–H and O–H groups in total. The van der Waals surface area contributed by atoms with Crippen LogP contribution in [0.15, 0.2) is 18.2 Å². The summed E-state index contributed by atoms with van der Waals surface area (Å²) in [5.74, 6) is -2.56. The molecule has 0 amide bonds. The van der Waals surface area contributed by atoms with Crippen LogP contribution in [-0.4, -0.2) is 24.5 Å². The summed E-state index contributed by atoms with van der Waals surface area (Å²) in [6.45, 7) is 0. The Morgan fingerprint density at radius 3 is 2.50 bits per heavy atom. The molecule has 0 aromatic heterocycles. The number of ether oxygens (including phenoxy) is 2. The molecule has 0 bridgehead atoms. The number of halogens is 3. The van der Waals surface area contributed by atoms with Gasteiger partial charge < -0.3 is 14.6 Å². The zero-order valence-corrected chi connectivity index (χ0v) is 8.04. The van der Waals surface area contributed by atoms with Crippen molar-refractivity contribution in [1.82, 2.24) is 0 Å². The summed E-state index contributed by atoms with van der Waals surface area (Å²) in [6, 6.07) is 3.07. The van der Waals surface area contributed by atoms with E-state index >= 15 is 0 Å². The average molecular weight is 236 g/mol. The van der Waals surface area contributed by atoms with Crippen molar-refractivity contribution in [3.63, 3.8) is 0 Å². The van der Waals surface area contributed by atoms with E-state index in [-0.39, 0.29) is 0 Å². The minimum atomic E-state index is -4.95. The maximum atomic E-state index is 12.0. The number of phenolic OH excluding ortho intramolecular Hbond substituents is 1. The number of rotatable bonds is 2. The van der Waals surface area contributed by atoms with Gasteiger partial charge in [-0.15, -0.1) is 13.2 Å². The van der Waals surface area contributed by atoms with Crippen LogP contribution in [0.4, 0.5) is 13.2 Å². The summed E-state index contributed by atoms with van der Waals surface area (Å²) in [5.41, 5.74) is -0.665. The second-order valence-corrected chi connectivity index (χ2v) is 2.69. The lowest BCUT2D eigenvalue weighted by Gasteiger charge is -2.12. The summed E-state index contributed by atoms with van der Waals surface area (Å²) in [7, 11) is 0.978. The first-order chi connectivity index (χ1) is 7.35. The minimum absolute atomic E-state index is 0.645. The molecule has 0 saturated carbocycles. The van der Waals surface area contributed by atoms with Crippen LogP contribution in [0.2, 0.25) is 0 Å². The normalized spacial score (nSPS) is 11.0. The van der Waals surface area contributed by atoms with E-state index in [1.165, 1.54) is 0 Å². The highest BCUT2D eigenvalue weighted by Gasteiger charge is 2.34. The fourth-order valence-electron chi connectivity index (χ4n) is 1.04. The Labute approximate surface area is 88.2 Å². The molecule has 0 unspecified atom stereocenters. The Hall–Kier alpha value is -1.92. The van der Waals surface area contributed by atoms with E-state index in [1.54, 1.807) is 0 Å². The van der Waals surface area contributed by atoms with Gasteiger partial charge in [-0.05, 0) is 12.1 Å². The lowest BCUT2D eigenvalue weighted by Crippen LogP contribution is -2.19. The van der Waals surface area contributed by atoms with Crippen molar-refractivity contribution in [2.45, 2.75) is 6.36 Å². The van der Waals surface area contributed by atoms with E-state index in [4.69, 9.17) is 0 Å². The summed E-state index contributed by atoms with van der Waals surface area (Å²) in [6.07, 6.45) is -4.95. The predicted octanol–water partition coefficient (Wildman–Crippen LogP) is 2.08. The van der Waals surface area contributed by atoms with Gasteiger partial charge in [-0.25, -0.2) is 4.79 Å². The molecule has 1 aromatic carbocycles. The number of hydrogen-bond donors (Lipinski definition) is 1. The second kappa shape index (κ2) is 4.30. The van der Waals surface area contributed by atoms with Gasteiger partial charge in [0.15, 0.2) is 0 Å². The van der Waals surface area contributed by atoms with E-state index in [0.29, 0.717) is 0 Å². The number of methoxy groups -OCH3 is 1. The number of aromatic hydroxyl groups is 1. The molecule has 4 nitrogen and oxygen atoms in total. The monoisotopic (exact) mass is 236 g/mol. The highest BCUT2D eigenvalue weighted by atomic mass is 19.4. The van der Waals surface area contributed by atoms with E-state index in [9.17, 15) is 23.1 Å². The molecular formula is C9H7F3O4. The Morgan fingerprint density at radius 1 is 1.38 bits per heavy atom. The van der Waals surface area contributed by atoms with Gasteiger partial charge in [-0.2, -0.15) is 0 Å². The van der Waals surface area contributed by atoms with Crippen LogP contribution in [0.3, 0.4) is 0 Å². The van der Waals surface area contributed by atoms with Gasteiger partial charge in [0.05, 0.1) is 7.11 Å². The first-order valence-corrected chi connectivity index (χ1v) is 4.01. The van der Waals surface area contributed by atoms with Crippen LogP contribution in [0.25, 0.3) is 0 Å². The van der Waals surface area contributed by atoms with Gasteiger partial charge in [-0.1, -0.05) is 6.07 Å². The first-order valence-electron chi connectivity index (χ1n) is 4.01. The standard InChI is InChI=1S/C9H7F3O4/c1-15-8(14)7-5(13)3-2-4-6(7)16-9(10,11)12/h2-4,13H,1H3. The summed E-state index contributed by atoms with van der Waals surface area (Å²) in [5, 5.41) is 9.24. The van der Waals surface area contributed by atoms with Crippen molar-refractivity contribution in [2.24, 2.45) is 0 Å². The highest BCUT2D eigenvalue weighted by molar-refractivity contribution is 5.95. The number of esters is 1. The molecule has 0 aliphatic rings. The number of alkyl halides is 3. The maximum Gasteiger partial charge on any atom is 0.573 e. The van der Waals surface area contributed by atoms with Gasteiger partial charge in [-0.3, -0.25) is 0 Å². The van der Waals surface area contributed by atoms with Crippen molar-refractivity contribution in [3.05, 3.63) is 23.8 Å². The van der Waals surface area contributed by atoms with Crippen molar-refractivity contribution >= 4 is 5.97 Å². The number of phenols is 1. The number of benzene rings is 1. The lowest BCUT2D eigenvalue weighted by atomic mass is 10.2. The third-order valence-corrected chi connectivity index (χ3v) is 1.62. The number of carbonyl (C=O) groups excluding carboxylic acids is 1. The van der Waals surface area contributed by atoms with E-state index in [0.717, 1.165) is 25.3 Å². The smallest absolute Gasteiger partial charge is 0.507 e. The molecule has 0 radical (unpaired) electrons. The fourth-order valence-corrected chi connectivity index (χ4v) is 1.04. The van der Waals surface area contributed by atoms with Gasteiger partial charge in [0, 0.05) is 0 Å². The third kappa shape index (κ3) is 2.78. The van der Waals surface area contributed by atoms with Gasteiger partial charge in [0.2, 0.25) is 0 Å². The van der Waals surface area contributed by atoms with E-state index < -0.39 is 29.4 Å². The van der Waals surface area contributed by atoms with Crippen molar-refractivity contribution in [3.8, 4) is 11.5 Å². The van der Waals surface area contributed by atoms with E-state index in [1.807, 2.05) is 0 Å². The maximum absolute atomic E-state index is 12.0. The van der Waals surface area contributed by atoms with Gasteiger partial charge in [0.25, 0.3) is 0 Å². The Morgan fingerprint density at radius 2 is 2.00 bits per heavy atom. The number of carbonyl (C=O) groups is 1. The average Bonchev–Trinajstić information content (AvgIpc) is 2.14. The molecule has 88 valence electrons. The van der Waals surface area contributed by atoms with Crippen LogP contribution >= 0.6 is 0 Å². The minimum Gasteiger partial charge on any atom is -0.507 e.